The molecule has 2 rings (SSSR count). The average molecular weight is 232 g/mol. The van der Waals surface area contributed by atoms with Crippen molar-refractivity contribution in [3.8, 4) is 0 Å². The Hall–Kier alpha value is -2.07. The van der Waals surface area contributed by atoms with Crippen molar-refractivity contribution in [1.29, 1.82) is 0 Å². The highest BCUT2D eigenvalue weighted by atomic mass is 16.4. The van der Waals surface area contributed by atoms with Crippen molar-refractivity contribution in [1.82, 2.24) is 0 Å². The molecule has 0 aliphatic carbocycles. The number of anilines is 1. The maximum absolute atomic E-state index is 9.57. The molecule has 1 unspecified atom stereocenters. The number of nitrogen functional groups attached to an aromatic ring is 1. The first kappa shape index (κ1) is 13.0. The van der Waals surface area contributed by atoms with Gasteiger partial charge in [0.1, 0.15) is 6.04 Å². The Balaban J connectivity index is 0.000000209. The van der Waals surface area contributed by atoms with Crippen molar-refractivity contribution < 1.29 is 9.90 Å². The van der Waals surface area contributed by atoms with E-state index < -0.39 is 12.0 Å². The molecule has 0 radical (unpaired) electrons. The fourth-order valence-corrected chi connectivity index (χ4v) is 1.21. The summed E-state index contributed by atoms with van der Waals surface area (Å²) in [5, 5.41) is 10.3. The van der Waals surface area contributed by atoms with Crippen LogP contribution in [0.3, 0.4) is 0 Å². The van der Waals surface area contributed by atoms with Crippen LogP contribution in [0.5, 0.6) is 0 Å². The Bertz CT molecular complexity index is 510. The van der Waals surface area contributed by atoms with E-state index in [1.54, 1.807) is 0 Å². The molecule has 2 aromatic rings. The number of carboxylic acids is 1. The minimum atomic E-state index is -0.963. The molecule has 0 fully saturated rings. The first-order valence-corrected chi connectivity index (χ1v) is 5.23. The van der Waals surface area contributed by atoms with Gasteiger partial charge < -0.3 is 16.6 Å². The molecule has 0 saturated carbocycles. The van der Waals surface area contributed by atoms with Gasteiger partial charge in [-0.05, 0) is 29.8 Å². The number of aliphatic carboxylic acids is 1. The molecule has 4 nitrogen and oxygen atoms in total. The number of benzene rings is 2. The zero-order valence-corrected chi connectivity index (χ0v) is 9.63. The summed E-state index contributed by atoms with van der Waals surface area (Å²) in [6.07, 6.45) is 0. The van der Waals surface area contributed by atoms with Crippen LogP contribution in [0.25, 0.3) is 10.8 Å². The van der Waals surface area contributed by atoms with Gasteiger partial charge in [0.25, 0.3) is 0 Å². The number of hydrogen-bond donors (Lipinski definition) is 3. The zero-order chi connectivity index (χ0) is 12.8. The summed E-state index contributed by atoms with van der Waals surface area (Å²) in [5.41, 5.74) is 11.3. The summed E-state index contributed by atoms with van der Waals surface area (Å²) in [4.78, 5) is 9.57. The highest BCUT2D eigenvalue weighted by molar-refractivity contribution is 5.85. The molecule has 2 aromatic carbocycles. The van der Waals surface area contributed by atoms with E-state index in [4.69, 9.17) is 16.6 Å². The molecule has 0 aliphatic rings. The summed E-state index contributed by atoms with van der Waals surface area (Å²) in [7, 11) is 0. The second kappa shape index (κ2) is 5.86. The first-order valence-electron chi connectivity index (χ1n) is 5.23. The van der Waals surface area contributed by atoms with Gasteiger partial charge in [0.05, 0.1) is 0 Å². The van der Waals surface area contributed by atoms with Gasteiger partial charge in [-0.3, -0.25) is 4.79 Å². The fraction of sp³-hybridized carbons (Fsp3) is 0.154. The minimum Gasteiger partial charge on any atom is -0.480 e. The maximum atomic E-state index is 9.57. The number of rotatable bonds is 1. The fourth-order valence-electron chi connectivity index (χ4n) is 1.21. The van der Waals surface area contributed by atoms with E-state index in [1.165, 1.54) is 17.7 Å². The Morgan fingerprint density at radius 3 is 2.24 bits per heavy atom. The Kier molecular flexibility index (Phi) is 4.48. The number of carboxylic acid groups (broad SMARTS) is 1. The molecule has 0 spiro atoms. The molecule has 17 heavy (non-hydrogen) atoms. The van der Waals surface area contributed by atoms with E-state index in [-0.39, 0.29) is 0 Å². The SMILES string of the molecule is CC(N)C(=O)O.Nc1ccc2ccccc2c1. The van der Waals surface area contributed by atoms with E-state index in [2.05, 4.69) is 12.1 Å². The number of nitrogens with two attached hydrogens (primary N) is 2. The van der Waals surface area contributed by atoms with Gasteiger partial charge in [-0.1, -0.05) is 30.3 Å². The van der Waals surface area contributed by atoms with Crippen LogP contribution in [0.1, 0.15) is 6.92 Å². The number of carbonyl (C=O) groups is 1. The molecule has 1 atom stereocenters. The molecule has 90 valence electrons. The molecule has 0 aromatic heterocycles. The van der Waals surface area contributed by atoms with Crippen molar-refractivity contribution in [3.05, 3.63) is 42.5 Å². The third kappa shape index (κ3) is 4.12. The maximum Gasteiger partial charge on any atom is 0.320 e. The second-order valence-electron chi connectivity index (χ2n) is 3.73. The summed E-state index contributed by atoms with van der Waals surface area (Å²) in [5.74, 6) is -0.963. The molecule has 0 heterocycles. The van der Waals surface area contributed by atoms with Crippen LogP contribution in [0, 0.1) is 0 Å². The van der Waals surface area contributed by atoms with Crippen LogP contribution in [-0.2, 0) is 4.79 Å². The summed E-state index contributed by atoms with van der Waals surface area (Å²) < 4.78 is 0. The topological polar surface area (TPSA) is 89.3 Å². The van der Waals surface area contributed by atoms with Crippen LogP contribution < -0.4 is 11.5 Å². The van der Waals surface area contributed by atoms with Gasteiger partial charge in [0.15, 0.2) is 0 Å². The molecule has 0 bridgehead atoms. The summed E-state index contributed by atoms with van der Waals surface area (Å²) in [6, 6.07) is 13.4. The van der Waals surface area contributed by atoms with Crippen LogP contribution in [0.15, 0.2) is 42.5 Å². The number of hydrogen-bond acceptors (Lipinski definition) is 3. The summed E-state index contributed by atoms with van der Waals surface area (Å²) in [6.45, 7) is 1.42. The quantitative estimate of drug-likeness (QED) is 0.654. The lowest BCUT2D eigenvalue weighted by Crippen LogP contribution is -2.25. The standard InChI is InChI=1S/C10H9N.C3H7NO2/c11-10-6-5-8-3-1-2-4-9(8)7-10;1-2(4)3(5)6/h1-7H,11H2;2H,4H2,1H3,(H,5,6). The molecule has 0 aliphatic heterocycles. The summed E-state index contributed by atoms with van der Waals surface area (Å²) >= 11 is 0. The smallest absolute Gasteiger partial charge is 0.320 e. The molecule has 5 N–H and O–H groups in total. The van der Waals surface area contributed by atoms with Gasteiger partial charge in [0.2, 0.25) is 0 Å². The van der Waals surface area contributed by atoms with Crippen molar-refractivity contribution in [2.45, 2.75) is 13.0 Å². The van der Waals surface area contributed by atoms with E-state index in [0.717, 1.165) is 5.69 Å². The first-order chi connectivity index (χ1) is 8.00. The van der Waals surface area contributed by atoms with Gasteiger partial charge >= 0.3 is 5.97 Å². The Morgan fingerprint density at radius 1 is 1.18 bits per heavy atom. The van der Waals surface area contributed by atoms with Crippen LogP contribution in [0.4, 0.5) is 5.69 Å². The lowest BCUT2D eigenvalue weighted by molar-refractivity contribution is -0.138. The monoisotopic (exact) mass is 232 g/mol. The third-order valence-corrected chi connectivity index (χ3v) is 2.16. The predicted molar refractivity (Wildman–Crippen MR) is 69.6 cm³/mol. The lowest BCUT2D eigenvalue weighted by Gasteiger charge is -1.96. The van der Waals surface area contributed by atoms with Crippen molar-refractivity contribution in [2.24, 2.45) is 5.73 Å². The zero-order valence-electron chi connectivity index (χ0n) is 9.63. The van der Waals surface area contributed by atoms with E-state index in [0.29, 0.717) is 0 Å². The predicted octanol–water partition coefficient (Wildman–Crippen LogP) is 1.84. The van der Waals surface area contributed by atoms with E-state index in [1.807, 2.05) is 30.3 Å². The molecule has 0 saturated heterocycles. The average Bonchev–Trinajstić information content (AvgIpc) is 2.29. The van der Waals surface area contributed by atoms with Gasteiger partial charge in [-0.25, -0.2) is 0 Å². The van der Waals surface area contributed by atoms with Gasteiger partial charge in [-0.15, -0.1) is 0 Å². The van der Waals surface area contributed by atoms with Crippen molar-refractivity contribution >= 4 is 22.4 Å². The van der Waals surface area contributed by atoms with E-state index in [9.17, 15) is 4.79 Å². The molecular formula is C13H16N2O2. The Morgan fingerprint density at radius 2 is 1.71 bits per heavy atom. The normalized spacial score (nSPS) is 11.4. The van der Waals surface area contributed by atoms with Crippen LogP contribution in [-0.4, -0.2) is 17.1 Å². The van der Waals surface area contributed by atoms with Crippen LogP contribution in [0.2, 0.25) is 0 Å². The largest absolute Gasteiger partial charge is 0.480 e. The van der Waals surface area contributed by atoms with Crippen molar-refractivity contribution in [2.75, 3.05) is 5.73 Å². The van der Waals surface area contributed by atoms with Gasteiger partial charge in [0, 0.05) is 5.69 Å². The molecule has 0 amide bonds. The van der Waals surface area contributed by atoms with Crippen LogP contribution >= 0.6 is 0 Å². The highest BCUT2D eigenvalue weighted by Gasteiger charge is 1.99. The minimum absolute atomic E-state index is 0.731. The van der Waals surface area contributed by atoms with Crippen molar-refractivity contribution in [3.63, 3.8) is 0 Å². The van der Waals surface area contributed by atoms with Gasteiger partial charge in [-0.2, -0.15) is 0 Å². The third-order valence-electron chi connectivity index (χ3n) is 2.16. The second-order valence-corrected chi connectivity index (χ2v) is 3.73. The number of fused-ring (bicyclic) bond motifs is 1. The highest BCUT2D eigenvalue weighted by Crippen LogP contribution is 2.15. The Labute approximate surface area is 99.8 Å². The molecule has 4 heteroatoms. The molecular weight excluding hydrogens is 216 g/mol. The lowest BCUT2D eigenvalue weighted by atomic mass is 10.1. The van der Waals surface area contributed by atoms with E-state index >= 15 is 0 Å².